The Hall–Kier alpha value is -1.94. The monoisotopic (exact) mass is 1410 g/mol. The number of esters is 4. The Labute approximate surface area is 588 Å². The molecule has 0 fully saturated rings. The Kier molecular flexibility index (Phi) is 68.7. The van der Waals surface area contributed by atoms with Crippen molar-refractivity contribution in [1.82, 2.24) is 0 Å². The molecule has 0 heterocycles. The summed E-state index contributed by atoms with van der Waals surface area (Å²) in [5.41, 5.74) is 0. The molecule has 3 N–H and O–H groups in total. The van der Waals surface area contributed by atoms with Crippen LogP contribution in [0.15, 0.2) is 0 Å². The van der Waals surface area contributed by atoms with E-state index in [2.05, 4.69) is 34.6 Å². The van der Waals surface area contributed by atoms with Crippen LogP contribution < -0.4 is 0 Å². The zero-order chi connectivity index (χ0) is 70.5. The fourth-order valence-electron chi connectivity index (χ4n) is 11.9. The molecule has 0 aliphatic carbocycles. The maximum absolute atomic E-state index is 13.1. The first kappa shape index (κ1) is 94.1. The van der Waals surface area contributed by atoms with Gasteiger partial charge >= 0.3 is 39.5 Å². The van der Waals surface area contributed by atoms with Crippen molar-refractivity contribution in [2.45, 2.75) is 425 Å². The Balaban J connectivity index is 5.22. The molecule has 0 amide bonds. The molecule has 2 unspecified atom stereocenters. The summed E-state index contributed by atoms with van der Waals surface area (Å²) in [7, 11) is -9.91. The molecule has 0 bridgehead atoms. The van der Waals surface area contributed by atoms with Gasteiger partial charge in [0.1, 0.15) is 19.3 Å². The Morgan fingerprint density at radius 3 is 0.708 bits per heavy atom. The second-order valence-corrected chi connectivity index (χ2v) is 31.1. The van der Waals surface area contributed by atoms with Gasteiger partial charge in [-0.1, -0.05) is 356 Å². The van der Waals surface area contributed by atoms with E-state index in [0.29, 0.717) is 25.7 Å². The highest BCUT2D eigenvalue weighted by Gasteiger charge is 2.30. The lowest BCUT2D eigenvalue weighted by molar-refractivity contribution is -0.161. The standard InChI is InChI=1S/C77H150O17P2/c1-6-9-12-15-18-21-24-26-28-29-30-31-33-35-37-42-47-52-57-62-76(81)93-72(67-88-75(80)61-56-51-46-41-36-34-32-27-25-22-19-16-13-10-7-2)68-91-95(83,84)89-64-71(78)65-90-96(85,86)92-69-73(66-87-74(79)60-55-50-45-40-23-20-17-14-11-8-3)94-77(82)63-58-53-48-43-38-39-44-49-54-59-70(4)5/h70-73,78H,6-69H2,1-5H3,(H,83,84)(H,85,86)/t71-,72-,73-/m1/s1. The summed E-state index contributed by atoms with van der Waals surface area (Å²) in [5.74, 6) is -1.38. The van der Waals surface area contributed by atoms with Crippen molar-refractivity contribution in [3.05, 3.63) is 0 Å². The number of carbonyl (C=O) groups excluding carboxylic acids is 4. The molecule has 19 heteroatoms. The van der Waals surface area contributed by atoms with Crippen molar-refractivity contribution in [1.29, 1.82) is 0 Å². The van der Waals surface area contributed by atoms with E-state index in [4.69, 9.17) is 37.0 Å². The van der Waals surface area contributed by atoms with Crippen LogP contribution in [0.25, 0.3) is 0 Å². The van der Waals surface area contributed by atoms with Crippen molar-refractivity contribution in [3.63, 3.8) is 0 Å². The van der Waals surface area contributed by atoms with Crippen molar-refractivity contribution in [2.75, 3.05) is 39.6 Å². The van der Waals surface area contributed by atoms with Gasteiger partial charge in [0.05, 0.1) is 26.4 Å². The molecule has 0 aromatic carbocycles. The average Bonchev–Trinajstić information content (AvgIpc) is 2.83. The number of carbonyl (C=O) groups is 4. The van der Waals surface area contributed by atoms with Crippen molar-refractivity contribution in [2.24, 2.45) is 5.92 Å². The number of aliphatic hydroxyl groups is 1. The highest BCUT2D eigenvalue weighted by atomic mass is 31.2. The first-order valence-corrected chi connectivity index (χ1v) is 43.1. The van der Waals surface area contributed by atoms with Crippen LogP contribution in [0.3, 0.4) is 0 Å². The third kappa shape index (κ3) is 70.5. The van der Waals surface area contributed by atoms with Gasteiger partial charge in [-0.3, -0.25) is 37.3 Å². The molecule has 17 nitrogen and oxygen atoms in total. The van der Waals surface area contributed by atoms with Crippen LogP contribution in [0, 0.1) is 5.92 Å². The predicted octanol–water partition coefficient (Wildman–Crippen LogP) is 22.9. The van der Waals surface area contributed by atoms with Gasteiger partial charge in [0.15, 0.2) is 12.2 Å². The van der Waals surface area contributed by atoms with Crippen LogP contribution in [-0.4, -0.2) is 96.7 Å². The van der Waals surface area contributed by atoms with Gasteiger partial charge in [-0.25, -0.2) is 9.13 Å². The minimum Gasteiger partial charge on any atom is -0.462 e. The number of aliphatic hydroxyl groups excluding tert-OH is 1. The maximum Gasteiger partial charge on any atom is 0.472 e. The van der Waals surface area contributed by atoms with E-state index in [1.807, 2.05) is 0 Å². The molecule has 5 atom stereocenters. The smallest absolute Gasteiger partial charge is 0.462 e. The summed E-state index contributed by atoms with van der Waals surface area (Å²) in [4.78, 5) is 72.8. The highest BCUT2D eigenvalue weighted by molar-refractivity contribution is 7.47. The number of unbranched alkanes of at least 4 members (excludes halogenated alkanes) is 49. The minimum absolute atomic E-state index is 0.106. The molecule has 0 aliphatic rings. The Bertz CT molecular complexity index is 1840. The van der Waals surface area contributed by atoms with E-state index in [1.165, 1.54) is 231 Å². The molecule has 0 aliphatic heterocycles. The number of ether oxygens (including phenoxy) is 4. The lowest BCUT2D eigenvalue weighted by atomic mass is 10.0. The molecule has 0 saturated carbocycles. The second-order valence-electron chi connectivity index (χ2n) is 28.2. The lowest BCUT2D eigenvalue weighted by Gasteiger charge is -2.21. The number of phosphoric acid groups is 2. The van der Waals surface area contributed by atoms with Gasteiger partial charge in [0.25, 0.3) is 0 Å². The Morgan fingerprint density at radius 1 is 0.281 bits per heavy atom. The van der Waals surface area contributed by atoms with Crippen LogP contribution >= 0.6 is 15.6 Å². The van der Waals surface area contributed by atoms with Gasteiger partial charge in [0, 0.05) is 25.7 Å². The normalized spacial score (nSPS) is 13.9. The molecule has 0 aromatic rings. The average molecular weight is 1410 g/mol. The molecular formula is C77H150O17P2. The van der Waals surface area contributed by atoms with Crippen molar-refractivity contribution < 1.29 is 80.2 Å². The van der Waals surface area contributed by atoms with Gasteiger partial charge < -0.3 is 33.8 Å². The lowest BCUT2D eigenvalue weighted by Crippen LogP contribution is -2.30. The molecule has 96 heavy (non-hydrogen) atoms. The first-order chi connectivity index (χ1) is 46.5. The summed E-state index contributed by atoms with van der Waals surface area (Å²) >= 11 is 0. The summed E-state index contributed by atoms with van der Waals surface area (Å²) in [6.07, 6.45) is 59.6. The van der Waals surface area contributed by atoms with Crippen molar-refractivity contribution >= 4 is 39.5 Å². The fourth-order valence-corrected chi connectivity index (χ4v) is 13.5. The molecule has 570 valence electrons. The van der Waals surface area contributed by atoms with Gasteiger partial charge in [-0.05, 0) is 31.6 Å². The van der Waals surface area contributed by atoms with Crippen molar-refractivity contribution in [3.8, 4) is 0 Å². The van der Waals surface area contributed by atoms with E-state index in [0.717, 1.165) is 95.8 Å². The molecular weight excluding hydrogens is 1260 g/mol. The topological polar surface area (TPSA) is 237 Å². The van der Waals surface area contributed by atoms with Gasteiger partial charge in [0.2, 0.25) is 0 Å². The van der Waals surface area contributed by atoms with E-state index in [-0.39, 0.29) is 25.7 Å². The largest absolute Gasteiger partial charge is 0.472 e. The van der Waals surface area contributed by atoms with Crippen LogP contribution in [0.2, 0.25) is 0 Å². The molecule has 0 radical (unpaired) electrons. The zero-order valence-corrected chi connectivity index (χ0v) is 64.3. The summed E-state index contributed by atoms with van der Waals surface area (Å²) in [6, 6.07) is 0. The summed E-state index contributed by atoms with van der Waals surface area (Å²) in [5, 5.41) is 10.6. The van der Waals surface area contributed by atoms with Crippen LogP contribution in [0.4, 0.5) is 0 Å². The molecule has 0 saturated heterocycles. The van der Waals surface area contributed by atoms with Crippen LogP contribution in [0.5, 0.6) is 0 Å². The first-order valence-electron chi connectivity index (χ1n) is 40.1. The highest BCUT2D eigenvalue weighted by Crippen LogP contribution is 2.45. The van der Waals surface area contributed by atoms with Crippen LogP contribution in [-0.2, 0) is 65.4 Å². The summed E-state index contributed by atoms with van der Waals surface area (Å²) in [6.45, 7) is 7.27. The SMILES string of the molecule is CCCCCCCCCCCCCCCCCCCCCC(=O)O[C@H](COC(=O)CCCCCCCCCCCCCCCCC)COP(=O)(O)OC[C@@H](O)COP(=O)(O)OC[C@@H](COC(=O)CCCCCCCCCCCC)OC(=O)CCCCCCCCCCCC(C)C. The van der Waals surface area contributed by atoms with E-state index in [1.54, 1.807) is 0 Å². The molecule has 0 rings (SSSR count). The predicted molar refractivity (Wildman–Crippen MR) is 391 cm³/mol. The third-order valence-corrected chi connectivity index (χ3v) is 19.9. The van der Waals surface area contributed by atoms with Gasteiger partial charge in [-0.2, -0.15) is 0 Å². The zero-order valence-electron chi connectivity index (χ0n) is 62.5. The van der Waals surface area contributed by atoms with E-state index < -0.39 is 97.5 Å². The number of hydrogen-bond donors (Lipinski definition) is 3. The van der Waals surface area contributed by atoms with E-state index in [9.17, 15) is 43.2 Å². The number of rotatable bonds is 77. The molecule has 0 aromatic heterocycles. The molecule has 0 spiro atoms. The van der Waals surface area contributed by atoms with Gasteiger partial charge in [-0.15, -0.1) is 0 Å². The minimum atomic E-state index is -4.96. The maximum atomic E-state index is 13.1. The third-order valence-electron chi connectivity index (χ3n) is 18.0. The quantitative estimate of drug-likeness (QED) is 0.0222. The Morgan fingerprint density at radius 2 is 0.479 bits per heavy atom. The number of hydrogen-bond acceptors (Lipinski definition) is 15. The second kappa shape index (κ2) is 70.1. The van der Waals surface area contributed by atoms with Crippen LogP contribution in [0.1, 0.15) is 407 Å². The van der Waals surface area contributed by atoms with E-state index >= 15 is 0 Å². The summed E-state index contributed by atoms with van der Waals surface area (Å²) < 4.78 is 68.5. The number of phosphoric ester groups is 2. The fraction of sp³-hybridized carbons (Fsp3) is 0.948.